The van der Waals surface area contributed by atoms with Crippen LogP contribution < -0.4 is 5.32 Å². The van der Waals surface area contributed by atoms with E-state index in [0.717, 1.165) is 30.0 Å². The van der Waals surface area contributed by atoms with Gasteiger partial charge in [0.1, 0.15) is 0 Å². The van der Waals surface area contributed by atoms with Gasteiger partial charge in [0.2, 0.25) is 0 Å². The van der Waals surface area contributed by atoms with Crippen molar-refractivity contribution in [2.24, 2.45) is 17.8 Å². The zero-order valence-electron chi connectivity index (χ0n) is 13.3. The molecule has 4 atom stereocenters. The highest BCUT2D eigenvalue weighted by Crippen LogP contribution is 2.49. The number of fused-ring (bicyclic) bond motifs is 2. The monoisotopic (exact) mass is 276 g/mol. The molecule has 1 aromatic heterocycles. The average molecular weight is 276 g/mol. The van der Waals surface area contributed by atoms with E-state index >= 15 is 0 Å². The van der Waals surface area contributed by atoms with Crippen LogP contribution in [0.4, 0.5) is 0 Å². The molecule has 0 radical (unpaired) electrons. The number of aromatic nitrogens is 3. The summed E-state index contributed by atoms with van der Waals surface area (Å²) in [5.41, 5.74) is 1.07. The quantitative estimate of drug-likeness (QED) is 0.919. The van der Waals surface area contributed by atoms with E-state index in [0.29, 0.717) is 6.04 Å². The van der Waals surface area contributed by atoms with Crippen LogP contribution in [0.15, 0.2) is 6.20 Å². The summed E-state index contributed by atoms with van der Waals surface area (Å²) in [6.45, 7) is 9.63. The van der Waals surface area contributed by atoms with Crippen molar-refractivity contribution in [3.05, 3.63) is 11.9 Å². The van der Waals surface area contributed by atoms with Gasteiger partial charge in [-0.3, -0.25) is 0 Å². The van der Waals surface area contributed by atoms with Crippen molar-refractivity contribution in [1.29, 1.82) is 0 Å². The first-order valence-corrected chi connectivity index (χ1v) is 8.08. The molecule has 2 bridgehead atoms. The number of nitrogens with zero attached hydrogens (tertiary/aromatic N) is 3. The van der Waals surface area contributed by atoms with E-state index in [-0.39, 0.29) is 5.54 Å². The lowest BCUT2D eigenvalue weighted by Gasteiger charge is -2.28. The van der Waals surface area contributed by atoms with Crippen molar-refractivity contribution < 1.29 is 0 Å². The van der Waals surface area contributed by atoms with Gasteiger partial charge in [0.15, 0.2) is 0 Å². The summed E-state index contributed by atoms with van der Waals surface area (Å²) >= 11 is 0. The molecule has 1 heterocycles. The first kappa shape index (κ1) is 14.1. The number of nitrogens with one attached hydrogen (secondary N) is 1. The summed E-state index contributed by atoms with van der Waals surface area (Å²) < 4.78 is 1.95. The maximum Gasteiger partial charge on any atom is 0.0965 e. The second kappa shape index (κ2) is 5.14. The molecule has 4 unspecified atom stereocenters. The Morgan fingerprint density at radius 3 is 2.70 bits per heavy atom. The Labute approximate surface area is 122 Å². The summed E-state index contributed by atoms with van der Waals surface area (Å²) in [5.74, 6) is 2.88. The van der Waals surface area contributed by atoms with Crippen molar-refractivity contribution in [2.75, 3.05) is 0 Å². The lowest BCUT2D eigenvalue weighted by Crippen LogP contribution is -2.36. The Bertz CT molecular complexity index is 459. The molecule has 20 heavy (non-hydrogen) atoms. The summed E-state index contributed by atoms with van der Waals surface area (Å²) in [6.07, 6.45) is 7.93. The predicted octanol–water partition coefficient (Wildman–Crippen LogP) is 2.95. The normalized spacial score (nSPS) is 30.9. The molecule has 2 fully saturated rings. The fourth-order valence-corrected chi connectivity index (χ4v) is 4.03. The smallest absolute Gasteiger partial charge is 0.0965 e. The number of hydrogen-bond acceptors (Lipinski definition) is 3. The maximum absolute atomic E-state index is 4.28. The SMILES string of the molecule is CC(NCc1cn(C(C)(C)C)nn1)C1CC2CCC1C2. The van der Waals surface area contributed by atoms with Gasteiger partial charge in [0.05, 0.1) is 17.4 Å². The summed E-state index contributed by atoms with van der Waals surface area (Å²) in [5, 5.41) is 12.2. The Morgan fingerprint density at radius 2 is 2.15 bits per heavy atom. The van der Waals surface area contributed by atoms with Crippen LogP contribution in [0, 0.1) is 17.8 Å². The van der Waals surface area contributed by atoms with Crippen LogP contribution in [-0.4, -0.2) is 21.0 Å². The summed E-state index contributed by atoms with van der Waals surface area (Å²) in [4.78, 5) is 0. The lowest BCUT2D eigenvalue weighted by atomic mass is 9.84. The van der Waals surface area contributed by atoms with Crippen molar-refractivity contribution in [1.82, 2.24) is 20.3 Å². The molecule has 1 N–H and O–H groups in total. The van der Waals surface area contributed by atoms with Gasteiger partial charge in [-0.1, -0.05) is 11.6 Å². The first-order chi connectivity index (χ1) is 9.43. The fraction of sp³-hybridized carbons (Fsp3) is 0.875. The predicted molar refractivity (Wildman–Crippen MR) is 80.3 cm³/mol. The van der Waals surface area contributed by atoms with Gasteiger partial charge in [0.25, 0.3) is 0 Å². The van der Waals surface area contributed by atoms with E-state index in [9.17, 15) is 0 Å². The first-order valence-electron chi connectivity index (χ1n) is 8.08. The van der Waals surface area contributed by atoms with E-state index in [1.165, 1.54) is 25.7 Å². The van der Waals surface area contributed by atoms with E-state index in [1.54, 1.807) is 0 Å². The Kier molecular flexibility index (Phi) is 3.61. The van der Waals surface area contributed by atoms with Gasteiger partial charge in [-0.05, 0) is 64.7 Å². The molecular formula is C16H28N4. The van der Waals surface area contributed by atoms with Gasteiger partial charge in [-0.15, -0.1) is 5.10 Å². The maximum atomic E-state index is 4.28. The van der Waals surface area contributed by atoms with Gasteiger partial charge in [0, 0.05) is 12.6 Å². The van der Waals surface area contributed by atoms with Crippen molar-refractivity contribution in [3.8, 4) is 0 Å². The van der Waals surface area contributed by atoms with E-state index in [4.69, 9.17) is 0 Å². The molecule has 0 saturated heterocycles. The van der Waals surface area contributed by atoms with E-state index in [2.05, 4.69) is 49.5 Å². The average Bonchev–Trinajstić information content (AvgIpc) is 3.10. The molecule has 4 heteroatoms. The molecule has 4 nitrogen and oxygen atoms in total. The van der Waals surface area contributed by atoms with Crippen LogP contribution in [0.5, 0.6) is 0 Å². The fourth-order valence-electron chi connectivity index (χ4n) is 4.03. The van der Waals surface area contributed by atoms with Crippen molar-refractivity contribution in [2.45, 2.75) is 71.5 Å². The Hall–Kier alpha value is -0.900. The van der Waals surface area contributed by atoms with Crippen LogP contribution in [0.1, 0.15) is 59.1 Å². The molecular weight excluding hydrogens is 248 g/mol. The zero-order chi connectivity index (χ0) is 14.3. The van der Waals surface area contributed by atoms with Gasteiger partial charge in [-0.2, -0.15) is 0 Å². The summed E-state index contributed by atoms with van der Waals surface area (Å²) in [6, 6.07) is 0.602. The molecule has 2 aliphatic rings. The molecule has 2 aliphatic carbocycles. The molecule has 0 spiro atoms. The topological polar surface area (TPSA) is 42.7 Å². The zero-order valence-corrected chi connectivity index (χ0v) is 13.3. The molecule has 0 aliphatic heterocycles. The third kappa shape index (κ3) is 2.76. The van der Waals surface area contributed by atoms with E-state index in [1.807, 2.05) is 4.68 Å². The highest BCUT2D eigenvalue weighted by molar-refractivity contribution is 4.97. The van der Waals surface area contributed by atoms with Crippen molar-refractivity contribution in [3.63, 3.8) is 0 Å². The Balaban J connectivity index is 1.53. The third-order valence-corrected chi connectivity index (χ3v) is 5.27. The molecule has 1 aromatic rings. The molecule has 112 valence electrons. The van der Waals surface area contributed by atoms with Gasteiger partial charge in [-0.25, -0.2) is 4.68 Å². The second-order valence-electron chi connectivity index (χ2n) is 7.83. The molecule has 2 saturated carbocycles. The van der Waals surface area contributed by atoms with Crippen LogP contribution in [-0.2, 0) is 12.1 Å². The molecule has 3 rings (SSSR count). The number of hydrogen-bond donors (Lipinski definition) is 1. The van der Waals surface area contributed by atoms with Crippen LogP contribution in [0.25, 0.3) is 0 Å². The van der Waals surface area contributed by atoms with Gasteiger partial charge < -0.3 is 5.32 Å². The number of rotatable bonds is 4. The lowest BCUT2D eigenvalue weighted by molar-refractivity contribution is 0.259. The minimum absolute atomic E-state index is 0.0153. The third-order valence-electron chi connectivity index (χ3n) is 5.27. The molecule has 0 aromatic carbocycles. The van der Waals surface area contributed by atoms with Crippen LogP contribution >= 0.6 is 0 Å². The highest BCUT2D eigenvalue weighted by atomic mass is 15.4. The van der Waals surface area contributed by atoms with E-state index < -0.39 is 0 Å². The minimum Gasteiger partial charge on any atom is -0.308 e. The summed E-state index contributed by atoms with van der Waals surface area (Å²) in [7, 11) is 0. The van der Waals surface area contributed by atoms with Crippen LogP contribution in [0.3, 0.4) is 0 Å². The van der Waals surface area contributed by atoms with Crippen molar-refractivity contribution >= 4 is 0 Å². The second-order valence-corrected chi connectivity index (χ2v) is 7.83. The Morgan fingerprint density at radius 1 is 1.35 bits per heavy atom. The van der Waals surface area contributed by atoms with Gasteiger partial charge >= 0.3 is 0 Å². The van der Waals surface area contributed by atoms with Crippen LogP contribution in [0.2, 0.25) is 0 Å². The highest BCUT2D eigenvalue weighted by Gasteiger charge is 2.41. The molecule has 0 amide bonds. The largest absolute Gasteiger partial charge is 0.308 e. The minimum atomic E-state index is 0.0153. The standard InChI is InChI=1S/C16H28N4/c1-11(15-8-12-5-6-13(15)7-12)17-9-14-10-20(19-18-14)16(2,3)4/h10-13,15,17H,5-9H2,1-4H3.